The fraction of sp³-hybridized carbons (Fsp3) is 0.727. The number of nitrogens with one attached hydrogen (secondary N) is 2. The Bertz CT molecular complexity index is 352. The summed E-state index contributed by atoms with van der Waals surface area (Å²) in [6.07, 6.45) is -4.59. The van der Waals surface area contributed by atoms with Crippen molar-refractivity contribution in [1.29, 1.82) is 0 Å². The van der Waals surface area contributed by atoms with E-state index in [2.05, 4.69) is 10.6 Å². The summed E-state index contributed by atoms with van der Waals surface area (Å²) in [7, 11) is 0. The van der Waals surface area contributed by atoms with Gasteiger partial charge in [0.25, 0.3) is 0 Å². The third kappa shape index (κ3) is 5.77. The smallest absolute Gasteiger partial charge is 0.242 e. The van der Waals surface area contributed by atoms with E-state index in [1.807, 2.05) is 0 Å². The summed E-state index contributed by atoms with van der Waals surface area (Å²) >= 11 is 0. The molecule has 0 fully saturated rings. The van der Waals surface area contributed by atoms with Crippen LogP contribution in [0.5, 0.6) is 0 Å². The van der Waals surface area contributed by atoms with Crippen LogP contribution in [-0.4, -0.2) is 63.8 Å². The minimum absolute atomic E-state index is 0.0809. The maximum absolute atomic E-state index is 11.7. The minimum Gasteiger partial charge on any atom is -0.391 e. The summed E-state index contributed by atoms with van der Waals surface area (Å²) in [5.74, 6) is -1.38. The van der Waals surface area contributed by atoms with E-state index >= 15 is 0 Å². The van der Waals surface area contributed by atoms with Crippen molar-refractivity contribution in [2.45, 2.75) is 51.1 Å². The second-order valence-corrected chi connectivity index (χ2v) is 4.18. The molecular formula is C11H20N2O6. The van der Waals surface area contributed by atoms with Crippen LogP contribution in [0.4, 0.5) is 0 Å². The summed E-state index contributed by atoms with van der Waals surface area (Å²) in [4.78, 5) is 33.1. The number of hydrogen-bond donors (Lipinski definition) is 5. The fourth-order valence-corrected chi connectivity index (χ4v) is 1.38. The number of rotatable bonds is 7. The van der Waals surface area contributed by atoms with E-state index in [-0.39, 0.29) is 6.29 Å². The van der Waals surface area contributed by atoms with Gasteiger partial charge < -0.3 is 30.7 Å². The molecule has 5 atom stereocenters. The number of carbonyl (C=O) groups is 3. The van der Waals surface area contributed by atoms with Crippen molar-refractivity contribution in [1.82, 2.24) is 10.6 Å². The molecule has 5 N–H and O–H groups in total. The van der Waals surface area contributed by atoms with Crippen molar-refractivity contribution in [2.24, 2.45) is 0 Å². The topological polar surface area (TPSA) is 136 Å². The number of aliphatic hydroxyl groups excluding tert-OH is 3. The Morgan fingerprint density at radius 2 is 1.79 bits per heavy atom. The lowest BCUT2D eigenvalue weighted by Crippen LogP contribution is -2.57. The zero-order chi connectivity index (χ0) is 15.9. The second kappa shape index (κ2) is 7.82. The largest absolute Gasteiger partial charge is 0.391 e. The number of carbonyl (C=O) groups excluding carboxylic acids is 3. The van der Waals surface area contributed by atoms with Gasteiger partial charge in [0.05, 0.1) is 12.1 Å². The molecular weight excluding hydrogens is 256 g/mol. The van der Waals surface area contributed by atoms with Crippen LogP contribution >= 0.6 is 0 Å². The van der Waals surface area contributed by atoms with Gasteiger partial charge in [-0.1, -0.05) is 0 Å². The predicted molar refractivity (Wildman–Crippen MR) is 65.0 cm³/mol. The molecule has 0 saturated heterocycles. The third-order valence-corrected chi connectivity index (χ3v) is 2.46. The molecule has 0 aliphatic carbocycles. The second-order valence-electron chi connectivity index (χ2n) is 4.18. The maximum Gasteiger partial charge on any atom is 0.242 e. The molecule has 8 nitrogen and oxygen atoms in total. The monoisotopic (exact) mass is 277 g/mol. The highest BCUT2D eigenvalue weighted by atomic mass is 16.3. The number of amides is 2. The number of aldehydes is 1. The molecule has 0 rings (SSSR count). The Morgan fingerprint density at radius 1 is 1.21 bits per heavy atom. The van der Waals surface area contributed by atoms with Crippen LogP contribution in [0.3, 0.4) is 0 Å². The Hall–Kier alpha value is -1.51. The van der Waals surface area contributed by atoms with E-state index in [0.29, 0.717) is 0 Å². The molecule has 2 amide bonds. The molecule has 0 aromatic carbocycles. The van der Waals surface area contributed by atoms with Gasteiger partial charge in [-0.3, -0.25) is 9.59 Å². The van der Waals surface area contributed by atoms with Crippen molar-refractivity contribution < 1.29 is 31.1 Å². The maximum atomic E-state index is 11.7. The lowest BCUT2D eigenvalue weighted by Gasteiger charge is -2.28. The fourth-order valence-electron chi connectivity index (χ4n) is 1.38. The summed E-state index contributed by atoms with van der Waals surface area (Å²) in [5, 5.41) is 32.8. The van der Waals surface area contributed by atoms with Gasteiger partial charge >= 0.3 is 0 Å². The van der Waals surface area contributed by atoms with Gasteiger partial charge in [0, 0.05) is 8.27 Å². The normalized spacial score (nSPS) is 19.3. The molecule has 0 aromatic rings. The molecule has 0 aromatic heterocycles. The van der Waals surface area contributed by atoms with Crippen molar-refractivity contribution in [2.75, 3.05) is 0 Å². The molecule has 110 valence electrons. The van der Waals surface area contributed by atoms with Crippen LogP contribution in [0.25, 0.3) is 0 Å². The average molecular weight is 277 g/mol. The van der Waals surface area contributed by atoms with Crippen LogP contribution in [0.15, 0.2) is 0 Å². The first-order chi connectivity index (χ1) is 9.24. The number of aliphatic hydroxyl groups is 3. The highest BCUT2D eigenvalue weighted by Crippen LogP contribution is 2.04. The van der Waals surface area contributed by atoms with Gasteiger partial charge in [-0.25, -0.2) is 0 Å². The van der Waals surface area contributed by atoms with E-state index in [4.69, 9.17) is 1.37 Å². The van der Waals surface area contributed by atoms with Crippen LogP contribution in [0.1, 0.15) is 22.1 Å². The first-order valence-corrected chi connectivity index (χ1v) is 5.63. The average Bonchev–Trinajstić information content (AvgIpc) is 2.41. The molecule has 0 saturated carbocycles. The third-order valence-electron chi connectivity index (χ3n) is 2.46. The lowest BCUT2D eigenvalue weighted by atomic mass is 10.0. The zero-order valence-corrected chi connectivity index (χ0v) is 10.7. The van der Waals surface area contributed by atoms with E-state index in [1.165, 1.54) is 13.8 Å². The first kappa shape index (κ1) is 15.5. The van der Waals surface area contributed by atoms with Gasteiger partial charge in [0.15, 0.2) is 6.29 Å². The van der Waals surface area contributed by atoms with E-state index < -0.39 is 49.1 Å². The van der Waals surface area contributed by atoms with E-state index in [0.717, 1.165) is 0 Å². The Balaban J connectivity index is 4.71. The molecule has 0 aliphatic heterocycles. The van der Waals surface area contributed by atoms with Crippen molar-refractivity contribution in [3.05, 3.63) is 0 Å². The lowest BCUT2D eigenvalue weighted by molar-refractivity contribution is -0.132. The van der Waals surface area contributed by atoms with Gasteiger partial charge in [-0.2, -0.15) is 0 Å². The molecule has 0 heterocycles. The Labute approximate surface area is 112 Å². The van der Waals surface area contributed by atoms with Gasteiger partial charge in [0.2, 0.25) is 11.8 Å². The molecule has 0 aliphatic rings. The van der Waals surface area contributed by atoms with Gasteiger partial charge in [-0.15, -0.1) is 0 Å². The van der Waals surface area contributed by atoms with E-state index in [1.54, 1.807) is 0 Å². The molecule has 8 heteroatoms. The highest BCUT2D eigenvalue weighted by molar-refractivity contribution is 5.86. The van der Waals surface area contributed by atoms with Gasteiger partial charge in [-0.05, 0) is 13.8 Å². The van der Waals surface area contributed by atoms with Crippen molar-refractivity contribution in [3.63, 3.8) is 0 Å². The first-order valence-electron chi connectivity index (χ1n) is 6.33. The molecule has 0 unspecified atom stereocenters. The molecule has 0 spiro atoms. The summed E-state index contributed by atoms with van der Waals surface area (Å²) < 4.78 is 6.81. The summed E-state index contributed by atoms with van der Waals surface area (Å²) in [5.41, 5.74) is 0. The van der Waals surface area contributed by atoms with Crippen LogP contribution in [0.2, 0.25) is 0 Å². The number of hydrogen-bond acceptors (Lipinski definition) is 6. The van der Waals surface area contributed by atoms with E-state index in [9.17, 15) is 29.7 Å². The Kier molecular flexibility index (Phi) is 6.40. The highest BCUT2D eigenvalue weighted by Gasteiger charge is 2.32. The Morgan fingerprint density at radius 3 is 2.21 bits per heavy atom. The summed E-state index contributed by atoms with van der Waals surface area (Å²) in [6.45, 7) is 2.08. The van der Waals surface area contributed by atoms with Crippen LogP contribution in [-0.2, 0) is 14.4 Å². The van der Waals surface area contributed by atoms with Crippen molar-refractivity contribution >= 4 is 18.1 Å². The molecule has 0 radical (unpaired) electrons. The quantitative estimate of drug-likeness (QED) is 0.321. The SMILES string of the molecule is [2H]CC(=O)N[C@@H](C)C(=O)N[C@@H]([C@H](O)[C@@H](O)C=O)[C@@H](C)O. The summed E-state index contributed by atoms with van der Waals surface area (Å²) in [6, 6.07) is -2.27. The molecule has 19 heavy (non-hydrogen) atoms. The minimum atomic E-state index is -1.76. The van der Waals surface area contributed by atoms with Crippen LogP contribution < -0.4 is 10.6 Å². The van der Waals surface area contributed by atoms with Crippen LogP contribution in [0, 0.1) is 0 Å². The van der Waals surface area contributed by atoms with Gasteiger partial charge in [0.1, 0.15) is 18.2 Å². The predicted octanol–water partition coefficient (Wildman–Crippen LogP) is -2.70. The standard InChI is InChI=1S/C11H20N2O6/c1-5(12-7(3)16)11(19)13-9(6(2)15)10(18)8(17)4-14/h4-6,8-10,15,17-18H,1-3H3,(H,12,16)(H,13,19)/t5-,6+,8-,9+,10+/m0/s1/i3D. The molecule has 0 bridgehead atoms. The van der Waals surface area contributed by atoms with Crippen molar-refractivity contribution in [3.8, 4) is 0 Å². The zero-order valence-electron chi connectivity index (χ0n) is 11.7.